The summed E-state index contributed by atoms with van der Waals surface area (Å²) in [6.07, 6.45) is 14.7. The minimum Gasteiger partial charge on any atom is -0.377 e. The van der Waals surface area contributed by atoms with Crippen LogP contribution in [0.4, 0.5) is 0 Å². The molecule has 0 bridgehead atoms. The maximum absolute atomic E-state index is 5.79. The first-order valence-corrected chi connectivity index (χ1v) is 9.50. The molecule has 3 rings (SSSR count). The Balaban J connectivity index is 1.56. The standard InChI is InChI=1S/C19H31N3O/c1-2-10-22(15-18-9-6-11-23-18)14-16-12-20-19(21-13-16)17-7-4-3-5-8-17/h12-13,17-18H,2-11,14-15H2,1H3/t18-/m0/s1. The van der Waals surface area contributed by atoms with Crippen LogP contribution < -0.4 is 0 Å². The summed E-state index contributed by atoms with van der Waals surface area (Å²) in [6.45, 7) is 6.27. The molecule has 1 saturated carbocycles. The predicted molar refractivity (Wildman–Crippen MR) is 92.4 cm³/mol. The van der Waals surface area contributed by atoms with Crippen molar-refractivity contribution in [2.45, 2.75) is 76.9 Å². The monoisotopic (exact) mass is 317 g/mol. The first-order valence-electron chi connectivity index (χ1n) is 9.50. The molecule has 4 heteroatoms. The van der Waals surface area contributed by atoms with Gasteiger partial charge in [0, 0.05) is 43.6 Å². The average molecular weight is 317 g/mol. The lowest BCUT2D eigenvalue weighted by molar-refractivity contribution is 0.0705. The van der Waals surface area contributed by atoms with E-state index in [-0.39, 0.29) is 0 Å². The van der Waals surface area contributed by atoms with Crippen LogP contribution in [0.15, 0.2) is 12.4 Å². The van der Waals surface area contributed by atoms with Crippen molar-refractivity contribution < 1.29 is 4.74 Å². The molecule has 1 aromatic heterocycles. The number of ether oxygens (including phenoxy) is 1. The predicted octanol–water partition coefficient (Wildman–Crippen LogP) is 3.92. The van der Waals surface area contributed by atoms with E-state index in [2.05, 4.69) is 34.2 Å². The summed E-state index contributed by atoms with van der Waals surface area (Å²) in [7, 11) is 0. The number of hydrogen-bond donors (Lipinski definition) is 0. The smallest absolute Gasteiger partial charge is 0.131 e. The summed E-state index contributed by atoms with van der Waals surface area (Å²) in [5.74, 6) is 1.66. The van der Waals surface area contributed by atoms with E-state index < -0.39 is 0 Å². The number of nitrogens with zero attached hydrogens (tertiary/aromatic N) is 3. The summed E-state index contributed by atoms with van der Waals surface area (Å²) in [4.78, 5) is 11.9. The van der Waals surface area contributed by atoms with Crippen molar-refractivity contribution in [2.24, 2.45) is 0 Å². The third kappa shape index (κ3) is 4.98. The van der Waals surface area contributed by atoms with Crippen molar-refractivity contribution in [3.8, 4) is 0 Å². The lowest BCUT2D eigenvalue weighted by Crippen LogP contribution is -2.32. The van der Waals surface area contributed by atoms with Crippen molar-refractivity contribution in [1.82, 2.24) is 14.9 Å². The molecular formula is C19H31N3O. The molecule has 1 aromatic rings. The highest BCUT2D eigenvalue weighted by atomic mass is 16.5. The molecule has 0 spiro atoms. The number of hydrogen-bond acceptors (Lipinski definition) is 4. The molecule has 4 nitrogen and oxygen atoms in total. The van der Waals surface area contributed by atoms with E-state index in [1.165, 1.54) is 56.9 Å². The van der Waals surface area contributed by atoms with Gasteiger partial charge in [0.05, 0.1) is 6.10 Å². The van der Waals surface area contributed by atoms with E-state index in [0.29, 0.717) is 12.0 Å². The zero-order valence-corrected chi connectivity index (χ0v) is 14.5. The van der Waals surface area contributed by atoms with E-state index in [1.54, 1.807) is 0 Å². The Kier molecular flexibility index (Phi) is 6.40. The highest BCUT2D eigenvalue weighted by Crippen LogP contribution is 2.30. The lowest BCUT2D eigenvalue weighted by atomic mass is 9.89. The van der Waals surface area contributed by atoms with E-state index in [4.69, 9.17) is 4.74 Å². The molecular weight excluding hydrogens is 286 g/mol. The molecule has 0 aromatic carbocycles. The Morgan fingerprint density at radius 3 is 2.52 bits per heavy atom. The molecule has 1 aliphatic heterocycles. The van der Waals surface area contributed by atoms with Crippen LogP contribution in [0.1, 0.15) is 75.6 Å². The SMILES string of the molecule is CCCN(Cc1cnc(C2CCCCC2)nc1)C[C@@H]1CCCO1. The molecule has 2 fully saturated rings. The lowest BCUT2D eigenvalue weighted by Gasteiger charge is -2.25. The minimum atomic E-state index is 0.420. The molecule has 1 aliphatic carbocycles. The Labute approximate surface area is 140 Å². The first-order chi connectivity index (χ1) is 11.3. The van der Waals surface area contributed by atoms with Crippen LogP contribution in [0.5, 0.6) is 0 Å². The third-order valence-electron chi connectivity index (χ3n) is 5.13. The largest absolute Gasteiger partial charge is 0.377 e. The normalized spacial score (nSPS) is 22.8. The van der Waals surface area contributed by atoms with Crippen molar-refractivity contribution in [3.05, 3.63) is 23.8 Å². The van der Waals surface area contributed by atoms with Gasteiger partial charge in [0.2, 0.25) is 0 Å². The summed E-state index contributed by atoms with van der Waals surface area (Å²) < 4.78 is 5.79. The fraction of sp³-hybridized carbons (Fsp3) is 0.789. The molecule has 128 valence electrons. The quantitative estimate of drug-likeness (QED) is 0.764. The summed E-state index contributed by atoms with van der Waals surface area (Å²) >= 11 is 0. The van der Waals surface area contributed by atoms with Crippen LogP contribution in [-0.2, 0) is 11.3 Å². The molecule has 0 amide bonds. The Bertz CT molecular complexity index is 450. The Hall–Kier alpha value is -1.00. The van der Waals surface area contributed by atoms with Gasteiger partial charge in [-0.1, -0.05) is 26.2 Å². The molecule has 2 heterocycles. The van der Waals surface area contributed by atoms with Gasteiger partial charge < -0.3 is 4.74 Å². The topological polar surface area (TPSA) is 38.2 Å². The minimum absolute atomic E-state index is 0.420. The maximum atomic E-state index is 5.79. The van der Waals surface area contributed by atoms with E-state index in [1.807, 2.05) is 0 Å². The van der Waals surface area contributed by atoms with Crippen molar-refractivity contribution in [3.63, 3.8) is 0 Å². The zero-order valence-electron chi connectivity index (χ0n) is 14.5. The fourth-order valence-corrected chi connectivity index (χ4v) is 3.90. The number of aromatic nitrogens is 2. The second kappa shape index (κ2) is 8.74. The highest BCUT2D eigenvalue weighted by molar-refractivity contribution is 5.08. The van der Waals surface area contributed by atoms with Gasteiger partial charge in [0.1, 0.15) is 5.82 Å². The molecule has 0 radical (unpaired) electrons. The second-order valence-electron chi connectivity index (χ2n) is 7.15. The van der Waals surface area contributed by atoms with Gasteiger partial charge in [0.25, 0.3) is 0 Å². The van der Waals surface area contributed by atoms with Gasteiger partial charge in [-0.15, -0.1) is 0 Å². The third-order valence-corrected chi connectivity index (χ3v) is 5.13. The summed E-state index contributed by atoms with van der Waals surface area (Å²) in [5.41, 5.74) is 1.23. The van der Waals surface area contributed by atoms with Crippen LogP contribution in [-0.4, -0.2) is 40.7 Å². The van der Waals surface area contributed by atoms with Crippen molar-refractivity contribution in [1.29, 1.82) is 0 Å². The van der Waals surface area contributed by atoms with E-state index in [0.717, 1.165) is 32.1 Å². The fourth-order valence-electron chi connectivity index (χ4n) is 3.90. The van der Waals surface area contributed by atoms with Gasteiger partial charge in [-0.05, 0) is 38.6 Å². The van der Waals surface area contributed by atoms with E-state index in [9.17, 15) is 0 Å². The van der Waals surface area contributed by atoms with Crippen LogP contribution in [0, 0.1) is 0 Å². The van der Waals surface area contributed by atoms with Crippen molar-refractivity contribution in [2.75, 3.05) is 19.7 Å². The molecule has 0 unspecified atom stereocenters. The van der Waals surface area contributed by atoms with Crippen LogP contribution in [0.3, 0.4) is 0 Å². The second-order valence-corrected chi connectivity index (χ2v) is 7.15. The van der Waals surface area contributed by atoms with E-state index >= 15 is 0 Å². The van der Waals surface area contributed by atoms with Crippen LogP contribution in [0.2, 0.25) is 0 Å². The van der Waals surface area contributed by atoms with Crippen LogP contribution >= 0.6 is 0 Å². The van der Waals surface area contributed by atoms with Gasteiger partial charge >= 0.3 is 0 Å². The number of rotatable bonds is 7. The van der Waals surface area contributed by atoms with Gasteiger partial charge in [-0.2, -0.15) is 0 Å². The van der Waals surface area contributed by atoms with Crippen LogP contribution in [0.25, 0.3) is 0 Å². The molecule has 23 heavy (non-hydrogen) atoms. The summed E-state index contributed by atoms with van der Waals surface area (Å²) in [5, 5.41) is 0. The Morgan fingerprint density at radius 1 is 1.09 bits per heavy atom. The van der Waals surface area contributed by atoms with Gasteiger partial charge in [-0.3, -0.25) is 4.90 Å². The molecule has 1 saturated heterocycles. The average Bonchev–Trinajstić information content (AvgIpc) is 3.10. The van der Waals surface area contributed by atoms with Crippen molar-refractivity contribution >= 4 is 0 Å². The maximum Gasteiger partial charge on any atom is 0.131 e. The van der Waals surface area contributed by atoms with Gasteiger partial charge in [0.15, 0.2) is 0 Å². The zero-order chi connectivity index (χ0) is 15.9. The first kappa shape index (κ1) is 16.8. The molecule has 0 N–H and O–H groups in total. The summed E-state index contributed by atoms with van der Waals surface area (Å²) in [6, 6.07) is 0. The molecule has 1 atom stereocenters. The Morgan fingerprint density at radius 2 is 1.87 bits per heavy atom. The highest BCUT2D eigenvalue weighted by Gasteiger charge is 2.20. The van der Waals surface area contributed by atoms with Gasteiger partial charge in [-0.25, -0.2) is 9.97 Å². The molecule has 2 aliphatic rings.